The SMILES string of the molecule is O=C(NNc1ncnc(NNC(=O)C(c2ccccc2)c2ccccc2)c1[N+](=O)[O-])c1ccc(Cl)cc1. The van der Waals surface area contributed by atoms with E-state index in [2.05, 4.69) is 31.7 Å². The molecule has 0 bridgehead atoms. The second-order valence-corrected chi connectivity index (χ2v) is 8.07. The average molecular weight is 518 g/mol. The number of carbonyl (C=O) groups is 2. The molecule has 0 aliphatic rings. The van der Waals surface area contributed by atoms with Gasteiger partial charge in [-0.15, -0.1) is 0 Å². The molecule has 11 nitrogen and oxygen atoms in total. The Bertz CT molecular complexity index is 1360. The Hall–Kier alpha value is -5.03. The summed E-state index contributed by atoms with van der Waals surface area (Å²) in [6.45, 7) is 0. The van der Waals surface area contributed by atoms with E-state index in [9.17, 15) is 19.7 Å². The van der Waals surface area contributed by atoms with E-state index in [1.165, 1.54) is 24.3 Å². The number of nitrogens with zero attached hydrogens (tertiary/aromatic N) is 3. The predicted molar refractivity (Wildman–Crippen MR) is 138 cm³/mol. The van der Waals surface area contributed by atoms with E-state index in [-0.39, 0.29) is 17.2 Å². The largest absolute Gasteiger partial charge is 0.356 e. The number of carbonyl (C=O) groups excluding carboxylic acids is 2. The maximum atomic E-state index is 13.2. The van der Waals surface area contributed by atoms with Crippen LogP contribution in [0.5, 0.6) is 0 Å². The third-order valence-corrected chi connectivity index (χ3v) is 5.49. The van der Waals surface area contributed by atoms with Gasteiger partial charge in [-0.1, -0.05) is 72.3 Å². The van der Waals surface area contributed by atoms with Gasteiger partial charge in [0.25, 0.3) is 5.91 Å². The van der Waals surface area contributed by atoms with Gasteiger partial charge in [0.05, 0.1) is 10.8 Å². The lowest BCUT2D eigenvalue weighted by molar-refractivity contribution is -0.383. The minimum atomic E-state index is -0.739. The summed E-state index contributed by atoms with van der Waals surface area (Å²) in [4.78, 5) is 44.4. The quantitative estimate of drug-likeness (QED) is 0.191. The molecule has 0 radical (unpaired) electrons. The first-order valence-electron chi connectivity index (χ1n) is 10.9. The number of amides is 2. The molecule has 4 rings (SSSR count). The van der Waals surface area contributed by atoms with E-state index >= 15 is 0 Å². The molecule has 0 atom stereocenters. The first-order valence-corrected chi connectivity index (χ1v) is 11.3. The van der Waals surface area contributed by atoms with Crippen molar-refractivity contribution in [3.8, 4) is 0 Å². The molecule has 12 heteroatoms. The first-order chi connectivity index (χ1) is 17.9. The number of hydrogen-bond acceptors (Lipinski definition) is 8. The average Bonchev–Trinajstić information content (AvgIpc) is 2.92. The molecular formula is C25H20ClN7O4. The van der Waals surface area contributed by atoms with Crippen LogP contribution in [0, 0.1) is 10.1 Å². The summed E-state index contributed by atoms with van der Waals surface area (Å²) in [5.74, 6) is -2.29. The summed E-state index contributed by atoms with van der Waals surface area (Å²) in [5.41, 5.74) is 10.9. The second kappa shape index (κ2) is 11.6. The van der Waals surface area contributed by atoms with Crippen LogP contribution in [0.25, 0.3) is 0 Å². The maximum absolute atomic E-state index is 13.2. The molecule has 4 aromatic rings. The van der Waals surface area contributed by atoms with Crippen molar-refractivity contribution in [3.05, 3.63) is 123 Å². The van der Waals surface area contributed by atoms with E-state index in [4.69, 9.17) is 11.6 Å². The highest BCUT2D eigenvalue weighted by molar-refractivity contribution is 6.30. The lowest BCUT2D eigenvalue weighted by atomic mass is 9.91. The van der Waals surface area contributed by atoms with Crippen LogP contribution in [0.15, 0.2) is 91.3 Å². The summed E-state index contributed by atoms with van der Waals surface area (Å²) >= 11 is 5.83. The molecule has 0 aliphatic carbocycles. The van der Waals surface area contributed by atoms with Gasteiger partial charge in [0.15, 0.2) is 0 Å². The van der Waals surface area contributed by atoms with Crippen molar-refractivity contribution >= 4 is 40.7 Å². The Morgan fingerprint density at radius 3 is 1.81 bits per heavy atom. The smallest absolute Gasteiger partial charge is 0.276 e. The fraction of sp³-hybridized carbons (Fsp3) is 0.0400. The summed E-state index contributed by atoms with van der Waals surface area (Å²) in [6, 6.07) is 24.3. The predicted octanol–water partition coefficient (Wildman–Crippen LogP) is 4.07. The molecule has 186 valence electrons. The second-order valence-electron chi connectivity index (χ2n) is 7.63. The van der Waals surface area contributed by atoms with Crippen LogP contribution in [0.4, 0.5) is 17.3 Å². The van der Waals surface area contributed by atoms with Gasteiger partial charge >= 0.3 is 5.69 Å². The van der Waals surface area contributed by atoms with Crippen LogP contribution in [-0.4, -0.2) is 26.7 Å². The van der Waals surface area contributed by atoms with Gasteiger partial charge in [-0.05, 0) is 35.4 Å². The molecular weight excluding hydrogens is 498 g/mol. The molecule has 4 N–H and O–H groups in total. The molecule has 1 heterocycles. The highest BCUT2D eigenvalue weighted by Crippen LogP contribution is 2.29. The summed E-state index contributed by atoms with van der Waals surface area (Å²) in [6.07, 6.45) is 1.05. The molecule has 0 saturated heterocycles. The van der Waals surface area contributed by atoms with Crippen LogP contribution in [0.1, 0.15) is 27.4 Å². The zero-order valence-electron chi connectivity index (χ0n) is 19.1. The molecule has 0 saturated carbocycles. The standard InChI is InChI=1S/C25H20ClN7O4/c26-19-13-11-18(12-14-19)24(34)31-29-22-21(33(36)37)23(28-15-27-22)30-32-25(35)20(16-7-3-1-4-8-16)17-9-5-2-6-10-17/h1-15,20H,(H,31,34)(H,32,35)(H2,27,28,29,30). The number of halogens is 1. The fourth-order valence-corrected chi connectivity index (χ4v) is 3.63. The van der Waals surface area contributed by atoms with Crippen molar-refractivity contribution in [3.63, 3.8) is 0 Å². The Labute approximate surface area is 216 Å². The number of nitrogens with one attached hydrogen (secondary N) is 4. The zero-order valence-corrected chi connectivity index (χ0v) is 19.8. The van der Waals surface area contributed by atoms with E-state index < -0.39 is 28.3 Å². The number of rotatable bonds is 9. The van der Waals surface area contributed by atoms with Crippen molar-refractivity contribution in [2.45, 2.75) is 5.92 Å². The number of aromatic nitrogens is 2. The highest BCUT2D eigenvalue weighted by Gasteiger charge is 2.26. The summed E-state index contributed by atoms with van der Waals surface area (Å²) in [5, 5.41) is 12.3. The van der Waals surface area contributed by atoms with E-state index in [1.807, 2.05) is 60.7 Å². The Balaban J connectivity index is 1.52. The van der Waals surface area contributed by atoms with Crippen molar-refractivity contribution in [1.82, 2.24) is 20.8 Å². The van der Waals surface area contributed by atoms with Crippen LogP contribution < -0.4 is 21.7 Å². The Morgan fingerprint density at radius 2 is 1.30 bits per heavy atom. The van der Waals surface area contributed by atoms with Crippen LogP contribution >= 0.6 is 11.6 Å². The number of hydrazine groups is 2. The molecule has 0 unspecified atom stereocenters. The number of anilines is 2. The van der Waals surface area contributed by atoms with Crippen LogP contribution in [0.3, 0.4) is 0 Å². The van der Waals surface area contributed by atoms with E-state index in [1.54, 1.807) is 0 Å². The van der Waals surface area contributed by atoms with Gasteiger partial charge in [0.1, 0.15) is 6.33 Å². The van der Waals surface area contributed by atoms with E-state index in [0.29, 0.717) is 5.02 Å². The van der Waals surface area contributed by atoms with Crippen molar-refractivity contribution in [2.75, 3.05) is 10.9 Å². The molecule has 2 amide bonds. The maximum Gasteiger partial charge on any atom is 0.356 e. The fourth-order valence-electron chi connectivity index (χ4n) is 3.50. The number of hydrogen-bond donors (Lipinski definition) is 4. The van der Waals surface area contributed by atoms with Gasteiger partial charge < -0.3 is 0 Å². The van der Waals surface area contributed by atoms with Crippen LogP contribution in [-0.2, 0) is 4.79 Å². The zero-order chi connectivity index (χ0) is 26.2. The topological polar surface area (TPSA) is 151 Å². The minimum Gasteiger partial charge on any atom is -0.276 e. The number of nitro groups is 1. The number of benzene rings is 3. The molecule has 0 spiro atoms. The highest BCUT2D eigenvalue weighted by atomic mass is 35.5. The van der Waals surface area contributed by atoms with Crippen molar-refractivity contribution in [1.29, 1.82) is 0 Å². The lowest BCUT2D eigenvalue weighted by Gasteiger charge is -2.18. The Morgan fingerprint density at radius 1 is 0.784 bits per heavy atom. The van der Waals surface area contributed by atoms with Crippen molar-refractivity contribution in [2.24, 2.45) is 0 Å². The molecule has 0 aliphatic heterocycles. The van der Waals surface area contributed by atoms with Gasteiger partial charge in [0, 0.05) is 10.6 Å². The molecule has 0 fully saturated rings. The van der Waals surface area contributed by atoms with Gasteiger partial charge in [0.2, 0.25) is 17.5 Å². The van der Waals surface area contributed by atoms with E-state index in [0.717, 1.165) is 17.5 Å². The minimum absolute atomic E-state index is 0.270. The van der Waals surface area contributed by atoms with Gasteiger partial charge in [-0.3, -0.25) is 41.4 Å². The summed E-state index contributed by atoms with van der Waals surface area (Å²) in [7, 11) is 0. The van der Waals surface area contributed by atoms with Crippen molar-refractivity contribution < 1.29 is 14.5 Å². The third kappa shape index (κ3) is 6.16. The Kier molecular flexibility index (Phi) is 7.86. The summed E-state index contributed by atoms with van der Waals surface area (Å²) < 4.78 is 0. The lowest BCUT2D eigenvalue weighted by Crippen LogP contribution is -2.35. The molecule has 37 heavy (non-hydrogen) atoms. The molecule has 1 aromatic heterocycles. The third-order valence-electron chi connectivity index (χ3n) is 5.24. The first kappa shape index (κ1) is 25.1. The van der Waals surface area contributed by atoms with Gasteiger partial charge in [-0.2, -0.15) is 0 Å². The molecule has 3 aromatic carbocycles. The van der Waals surface area contributed by atoms with Crippen LogP contribution in [0.2, 0.25) is 5.02 Å². The normalized spacial score (nSPS) is 10.4. The van der Waals surface area contributed by atoms with Gasteiger partial charge in [-0.25, -0.2) is 9.97 Å². The monoisotopic (exact) mass is 517 g/mol.